The van der Waals surface area contributed by atoms with Crippen molar-refractivity contribution < 1.29 is 90.8 Å². The number of hydrogen-bond donors (Lipinski definition) is 5. The van der Waals surface area contributed by atoms with Crippen LogP contribution < -0.4 is 35.3 Å². The molecule has 5 atom stereocenters. The number of fused-ring (bicyclic) bond motifs is 7. The molecular formula is C53H55BF5NNaO8S. The van der Waals surface area contributed by atoms with Crippen LogP contribution in [0.5, 0.6) is 0 Å². The molecule has 70 heavy (non-hydrogen) atoms. The number of carbonyl (C=O) groups excluding carboxylic acids is 1. The number of aliphatic hydroxyl groups is 3. The van der Waals surface area contributed by atoms with Gasteiger partial charge in [0.25, 0.3) is 10.1 Å². The largest absolute Gasteiger partial charge is 1.00 e. The quantitative estimate of drug-likeness (QED) is 0.0556. The number of aliphatic hydroxyl groups excluding tert-OH is 3. The van der Waals surface area contributed by atoms with Crippen LogP contribution in [0, 0.1) is 36.0 Å². The van der Waals surface area contributed by atoms with Crippen molar-refractivity contribution in [2.45, 2.75) is 100 Å². The number of hydrogen-bond acceptors (Lipinski definition) is 8. The molecule has 6 aromatic carbocycles. The van der Waals surface area contributed by atoms with E-state index in [-0.39, 0.29) is 91.3 Å². The van der Waals surface area contributed by atoms with Crippen molar-refractivity contribution in [1.82, 2.24) is 0 Å². The number of halogens is 5. The van der Waals surface area contributed by atoms with E-state index in [4.69, 9.17) is 20.1 Å². The van der Waals surface area contributed by atoms with Gasteiger partial charge in [-0.2, -0.15) is 8.42 Å². The van der Waals surface area contributed by atoms with Crippen LogP contribution in [0.3, 0.4) is 0 Å². The van der Waals surface area contributed by atoms with Gasteiger partial charge in [0.1, 0.15) is 35.2 Å². The Kier molecular flexibility index (Phi) is 21.7. The summed E-state index contributed by atoms with van der Waals surface area (Å²) in [6.45, 7) is 1.84. The van der Waals surface area contributed by atoms with Crippen molar-refractivity contribution in [2.75, 3.05) is 7.11 Å². The Morgan fingerprint density at radius 3 is 1.71 bits per heavy atom. The topological polar surface area (TPSA) is 171 Å². The van der Waals surface area contributed by atoms with Crippen molar-refractivity contribution in [1.29, 1.82) is 0 Å². The molecule has 12 rings (SSSR count). The van der Waals surface area contributed by atoms with Gasteiger partial charge in [0, 0.05) is 40.3 Å². The smallest absolute Gasteiger partial charge is 1.00 e. The Balaban J connectivity index is 0.000000222. The fourth-order valence-corrected chi connectivity index (χ4v) is 9.17. The molecule has 0 aromatic heterocycles. The molecule has 6 aromatic rings. The molecule has 1 heterocycles. The molecular weight excluding hydrogens is 939 g/mol. The van der Waals surface area contributed by atoms with E-state index in [0.717, 1.165) is 78.2 Å². The maximum Gasteiger partial charge on any atom is 1.00 e. The van der Waals surface area contributed by atoms with E-state index < -0.39 is 16.2 Å². The second-order valence-corrected chi connectivity index (χ2v) is 18.4. The third-order valence-electron chi connectivity index (χ3n) is 12.2. The number of carbonyl (C=O) groups is 1. The van der Waals surface area contributed by atoms with Gasteiger partial charge in [-0.1, -0.05) is 42.0 Å². The molecule has 1 saturated heterocycles. The van der Waals surface area contributed by atoms with Gasteiger partial charge < -0.3 is 27.2 Å². The van der Waals surface area contributed by atoms with Crippen molar-refractivity contribution in [2.24, 2.45) is 5.73 Å². The van der Waals surface area contributed by atoms with Gasteiger partial charge >= 0.3 is 29.6 Å². The van der Waals surface area contributed by atoms with Gasteiger partial charge in [-0.25, -0.2) is 22.0 Å². The monoisotopic (exact) mass is 994 g/mol. The summed E-state index contributed by atoms with van der Waals surface area (Å²) >= 11 is 0. The zero-order valence-electron chi connectivity index (χ0n) is 40.1. The van der Waals surface area contributed by atoms with Crippen LogP contribution in [-0.4, -0.2) is 61.8 Å². The summed E-state index contributed by atoms with van der Waals surface area (Å²) in [4.78, 5) is 11.0. The Hall–Kier alpha value is -4.59. The first-order valence-electron chi connectivity index (χ1n) is 22.1. The molecule has 6 N–H and O–H groups in total. The van der Waals surface area contributed by atoms with E-state index in [1.54, 1.807) is 48.5 Å². The predicted molar refractivity (Wildman–Crippen MR) is 254 cm³/mol. The van der Waals surface area contributed by atoms with Crippen molar-refractivity contribution >= 4 is 24.3 Å². The van der Waals surface area contributed by atoms with E-state index in [0.29, 0.717) is 37.0 Å². The van der Waals surface area contributed by atoms with Crippen LogP contribution in [0.1, 0.15) is 105 Å². The Morgan fingerprint density at radius 2 is 1.10 bits per heavy atom. The molecule has 17 heteroatoms. The second-order valence-electron chi connectivity index (χ2n) is 17.0. The fraction of sp³-hybridized carbons (Fsp3) is 0.302. The average Bonchev–Trinajstić information content (AvgIpc) is 3.74. The maximum absolute atomic E-state index is 12.7. The van der Waals surface area contributed by atoms with Crippen LogP contribution in [0.4, 0.5) is 22.0 Å². The van der Waals surface area contributed by atoms with Crippen LogP contribution in [0.25, 0.3) is 0 Å². The average molecular weight is 995 g/mol. The number of benzene rings is 6. The summed E-state index contributed by atoms with van der Waals surface area (Å²) in [5.74, 6) is -0.822. The summed E-state index contributed by atoms with van der Waals surface area (Å²) in [5.41, 5.74) is 16.6. The van der Waals surface area contributed by atoms with Gasteiger partial charge in [0.2, 0.25) is 0 Å². The number of nitrogens with two attached hydrogens (primary N) is 1. The van der Waals surface area contributed by atoms with Crippen LogP contribution in [0.15, 0.2) is 120 Å². The molecule has 0 amide bonds. The molecule has 6 aliphatic rings. The minimum Gasteiger partial charge on any atom is -1.00 e. The number of ketones is 1. The van der Waals surface area contributed by atoms with Crippen LogP contribution in [-0.2, 0) is 53.4 Å². The number of rotatable bonds is 1. The molecule has 3 radical (unpaired) electrons. The fourth-order valence-electron chi connectivity index (χ4n) is 8.69. The standard InChI is InChI=1S/C9H10FNO.C9H7FO.C9H9FO.C9H7FO.C9H9F.C7H8O3S.CH4O.B.Na.H/c10-6-1-2-7-5(3-6)4-8(12)9(7)11;10-6-1-2-7-5(3-6)4-8-9(7)11-8;2*10-7-2-3-8-6(5-7)1-4-9(8)11;10-9-5-4-7-2-1-3-8(7)6-9;1-6-2-4-7(5-3-6)11(8,9)10;1-2;;;/h1-3,8-9,12H,4,11H2;1-3,8-9H,4H2;2-3,5,9,11H,1,4H2;2-3,5H,1,4H2;4-6H,1-3H2;2-5H,1H3,(H,8,9,10);2H,1H3;;;/q;;;;;;;;+1;-1/t2*8-,9+;;;;;;;;/m00......../s1. The minimum absolute atomic E-state index is 0. The van der Waals surface area contributed by atoms with Gasteiger partial charge in [0.15, 0.2) is 5.78 Å². The first-order valence-corrected chi connectivity index (χ1v) is 23.6. The summed E-state index contributed by atoms with van der Waals surface area (Å²) in [6.07, 6.45) is 7.27. The Labute approximate surface area is 431 Å². The zero-order chi connectivity index (χ0) is 49.3. The van der Waals surface area contributed by atoms with E-state index in [9.17, 15) is 45.4 Å². The SMILES string of the molecule is CO.Cc1ccc(S(=O)(=O)O)cc1.Fc1ccc2c(c1)CCC2.Fc1ccc2c(c1)C[C@@H]1O[C@H]21.N[C@@H]1c2ccc(F)cc2C[C@@H]1O.O=C1CCc2cc(F)ccc21.OC1CCc2cc(F)ccc21.[B].[H-].[Na+]. The molecule has 9 nitrogen and oxygen atoms in total. The first kappa shape index (κ1) is 58.0. The molecule has 365 valence electrons. The zero-order valence-corrected chi connectivity index (χ0v) is 41.9. The summed E-state index contributed by atoms with van der Waals surface area (Å²) in [5, 5.41) is 25.7. The Morgan fingerprint density at radius 1 is 0.600 bits per heavy atom. The van der Waals surface area contributed by atoms with E-state index in [1.807, 2.05) is 19.1 Å². The van der Waals surface area contributed by atoms with Crippen molar-refractivity contribution in [3.63, 3.8) is 0 Å². The van der Waals surface area contributed by atoms with E-state index in [1.165, 1.54) is 77.7 Å². The molecule has 0 spiro atoms. The first-order chi connectivity index (χ1) is 32.4. The van der Waals surface area contributed by atoms with E-state index in [2.05, 4.69) is 0 Å². The molecule has 1 aliphatic heterocycles. The summed E-state index contributed by atoms with van der Waals surface area (Å²) in [6, 6.07) is 29.1. The van der Waals surface area contributed by atoms with Crippen LogP contribution >= 0.6 is 0 Å². The van der Waals surface area contributed by atoms with E-state index >= 15 is 0 Å². The maximum atomic E-state index is 12.7. The molecule has 1 unspecified atom stereocenters. The van der Waals surface area contributed by atoms with Crippen LogP contribution in [0.2, 0.25) is 0 Å². The molecule has 0 saturated carbocycles. The number of Topliss-reactive ketones (excluding diaryl/α,β-unsaturated/α-hetero) is 1. The molecule has 5 aliphatic carbocycles. The predicted octanol–water partition coefficient (Wildman–Crippen LogP) is 6.22. The number of epoxide rings is 1. The number of aryl methyl sites for hydroxylation is 5. The van der Waals surface area contributed by atoms with Gasteiger partial charge in [-0.15, -0.1) is 0 Å². The summed E-state index contributed by atoms with van der Waals surface area (Å²) in [7, 11) is -3.02. The number of ether oxygens (including phenoxy) is 1. The van der Waals surface area contributed by atoms with Crippen molar-refractivity contribution in [3.05, 3.63) is 206 Å². The summed E-state index contributed by atoms with van der Waals surface area (Å²) < 4.78 is 98.0. The van der Waals surface area contributed by atoms with Gasteiger partial charge in [-0.3, -0.25) is 9.35 Å². The van der Waals surface area contributed by atoms with Crippen molar-refractivity contribution in [3.8, 4) is 0 Å². The minimum atomic E-state index is -4.02. The normalized spacial score (nSPS) is 19.5. The van der Waals surface area contributed by atoms with Gasteiger partial charge in [0.05, 0.1) is 29.2 Å². The molecule has 0 bridgehead atoms. The second kappa shape index (κ2) is 26.2. The molecule has 1 fully saturated rings. The third kappa shape index (κ3) is 15.5. The van der Waals surface area contributed by atoms with Gasteiger partial charge in [-0.05, 0) is 174 Å². The Bertz CT molecular complexity index is 2800. The third-order valence-corrected chi connectivity index (χ3v) is 13.1.